The zero-order valence-electron chi connectivity index (χ0n) is 11.9. The van der Waals surface area contributed by atoms with Crippen LogP contribution in [0.25, 0.3) is 0 Å². The van der Waals surface area contributed by atoms with Crippen molar-refractivity contribution >= 4 is 23.3 Å². The quantitative estimate of drug-likeness (QED) is 0.859. The minimum atomic E-state index is -0.165. The van der Waals surface area contributed by atoms with E-state index in [1.165, 1.54) is 0 Å². The van der Waals surface area contributed by atoms with Crippen molar-refractivity contribution in [1.29, 1.82) is 0 Å². The van der Waals surface area contributed by atoms with Crippen LogP contribution in [0.2, 0.25) is 5.02 Å². The molecule has 1 amide bonds. The smallest absolute Gasteiger partial charge is 0.255 e. The Morgan fingerprint density at radius 3 is 2.81 bits per heavy atom. The topological polar surface area (TPSA) is 54.0 Å². The number of hydrogen-bond donors (Lipinski definition) is 2. The van der Waals surface area contributed by atoms with Gasteiger partial charge in [-0.3, -0.25) is 4.79 Å². The van der Waals surface area contributed by atoms with E-state index < -0.39 is 0 Å². The van der Waals surface area contributed by atoms with Crippen LogP contribution in [0.3, 0.4) is 0 Å². The fourth-order valence-electron chi connectivity index (χ4n) is 1.89. The Morgan fingerprint density at radius 1 is 1.24 bits per heavy atom. The number of anilines is 1. The molecule has 0 saturated heterocycles. The Hall–Kier alpha value is -2.07. The molecule has 0 aliphatic carbocycles. The Bertz CT molecular complexity index is 616. The second kappa shape index (κ2) is 7.64. The second-order valence-corrected chi connectivity index (χ2v) is 5.01. The van der Waals surface area contributed by atoms with Gasteiger partial charge >= 0.3 is 0 Å². The van der Waals surface area contributed by atoms with Crippen LogP contribution in [0.1, 0.15) is 29.3 Å². The van der Waals surface area contributed by atoms with Crippen LogP contribution in [0.15, 0.2) is 42.6 Å². The van der Waals surface area contributed by atoms with Crippen molar-refractivity contribution in [2.24, 2.45) is 0 Å². The molecule has 21 heavy (non-hydrogen) atoms. The predicted molar refractivity (Wildman–Crippen MR) is 85.6 cm³/mol. The number of hydrogen-bond acceptors (Lipinski definition) is 3. The van der Waals surface area contributed by atoms with E-state index in [1.807, 2.05) is 18.2 Å². The van der Waals surface area contributed by atoms with Crippen LogP contribution < -0.4 is 10.6 Å². The molecule has 4 nitrogen and oxygen atoms in total. The lowest BCUT2D eigenvalue weighted by molar-refractivity contribution is 0.0951. The maximum Gasteiger partial charge on any atom is 0.255 e. The molecule has 1 heterocycles. The fourth-order valence-corrected chi connectivity index (χ4v) is 2.09. The monoisotopic (exact) mass is 303 g/mol. The first-order valence-corrected chi connectivity index (χ1v) is 7.30. The summed E-state index contributed by atoms with van der Waals surface area (Å²) < 4.78 is 0. The standard InChI is InChI=1S/C16H18ClN3O/c1-2-9-18-15-13(7-5-10-19-15)16(21)20-11-12-6-3-4-8-14(12)17/h3-8,10H,2,9,11H2,1H3,(H,18,19)(H,20,21). The van der Waals surface area contributed by atoms with Crippen LogP contribution in [-0.2, 0) is 6.54 Å². The molecule has 2 N–H and O–H groups in total. The average molecular weight is 304 g/mol. The Kier molecular flexibility index (Phi) is 5.58. The normalized spacial score (nSPS) is 10.2. The number of halogens is 1. The van der Waals surface area contributed by atoms with E-state index in [0.29, 0.717) is 22.9 Å². The highest BCUT2D eigenvalue weighted by atomic mass is 35.5. The van der Waals surface area contributed by atoms with Gasteiger partial charge in [-0.05, 0) is 30.2 Å². The molecule has 0 unspecified atom stereocenters. The van der Waals surface area contributed by atoms with Crippen LogP contribution in [0, 0.1) is 0 Å². The first-order valence-electron chi connectivity index (χ1n) is 6.93. The molecule has 0 atom stereocenters. The zero-order chi connectivity index (χ0) is 15.1. The lowest BCUT2D eigenvalue weighted by Crippen LogP contribution is -2.24. The van der Waals surface area contributed by atoms with Crippen LogP contribution >= 0.6 is 11.6 Å². The number of carbonyl (C=O) groups is 1. The molecule has 110 valence electrons. The van der Waals surface area contributed by atoms with Gasteiger partial charge < -0.3 is 10.6 Å². The summed E-state index contributed by atoms with van der Waals surface area (Å²) in [6.07, 6.45) is 2.64. The van der Waals surface area contributed by atoms with Gasteiger partial charge in [-0.15, -0.1) is 0 Å². The van der Waals surface area contributed by atoms with Gasteiger partial charge in [0.2, 0.25) is 0 Å². The highest BCUT2D eigenvalue weighted by Gasteiger charge is 2.12. The summed E-state index contributed by atoms with van der Waals surface area (Å²) in [4.78, 5) is 16.5. The van der Waals surface area contributed by atoms with E-state index in [-0.39, 0.29) is 5.91 Å². The fraction of sp³-hybridized carbons (Fsp3) is 0.250. The third-order valence-electron chi connectivity index (χ3n) is 2.99. The SMILES string of the molecule is CCCNc1ncccc1C(=O)NCc1ccccc1Cl. The van der Waals surface area contributed by atoms with Crippen molar-refractivity contribution in [2.75, 3.05) is 11.9 Å². The number of aromatic nitrogens is 1. The van der Waals surface area contributed by atoms with Crippen molar-refractivity contribution < 1.29 is 4.79 Å². The summed E-state index contributed by atoms with van der Waals surface area (Å²) in [6.45, 7) is 3.23. The summed E-state index contributed by atoms with van der Waals surface area (Å²) in [6, 6.07) is 11.0. The summed E-state index contributed by atoms with van der Waals surface area (Å²) in [5.74, 6) is 0.442. The van der Waals surface area contributed by atoms with E-state index in [0.717, 1.165) is 18.5 Å². The third-order valence-corrected chi connectivity index (χ3v) is 3.36. The average Bonchev–Trinajstić information content (AvgIpc) is 2.52. The minimum Gasteiger partial charge on any atom is -0.369 e. The highest BCUT2D eigenvalue weighted by Crippen LogP contribution is 2.15. The molecule has 0 radical (unpaired) electrons. The first-order chi connectivity index (χ1) is 10.2. The summed E-state index contributed by atoms with van der Waals surface area (Å²) in [5, 5.41) is 6.67. The van der Waals surface area contributed by atoms with Gasteiger partial charge in [-0.25, -0.2) is 4.98 Å². The Morgan fingerprint density at radius 2 is 2.05 bits per heavy atom. The molecular weight excluding hydrogens is 286 g/mol. The van der Waals surface area contributed by atoms with Crippen LogP contribution in [0.5, 0.6) is 0 Å². The number of carbonyl (C=O) groups excluding carboxylic acids is 1. The van der Waals surface area contributed by atoms with E-state index in [4.69, 9.17) is 11.6 Å². The Balaban J connectivity index is 2.05. The molecular formula is C16H18ClN3O. The van der Waals surface area contributed by atoms with Crippen LogP contribution in [0.4, 0.5) is 5.82 Å². The number of nitrogens with one attached hydrogen (secondary N) is 2. The van der Waals surface area contributed by atoms with Crippen LogP contribution in [-0.4, -0.2) is 17.4 Å². The Labute approximate surface area is 129 Å². The predicted octanol–water partition coefficient (Wildman–Crippen LogP) is 3.49. The second-order valence-electron chi connectivity index (χ2n) is 4.60. The number of benzene rings is 1. The molecule has 0 bridgehead atoms. The van der Waals surface area contributed by atoms with E-state index in [2.05, 4.69) is 22.5 Å². The van der Waals surface area contributed by atoms with Gasteiger partial charge in [-0.1, -0.05) is 36.7 Å². The van der Waals surface area contributed by atoms with Gasteiger partial charge in [0.1, 0.15) is 5.82 Å². The lowest BCUT2D eigenvalue weighted by Gasteiger charge is -2.11. The van der Waals surface area contributed by atoms with Gasteiger partial charge in [0.25, 0.3) is 5.91 Å². The van der Waals surface area contributed by atoms with E-state index in [9.17, 15) is 4.79 Å². The van der Waals surface area contributed by atoms with Crippen molar-refractivity contribution in [2.45, 2.75) is 19.9 Å². The maximum absolute atomic E-state index is 12.3. The van der Waals surface area contributed by atoms with Crippen molar-refractivity contribution in [1.82, 2.24) is 10.3 Å². The molecule has 0 spiro atoms. The number of rotatable bonds is 6. The van der Waals surface area contributed by atoms with Crippen molar-refractivity contribution in [3.63, 3.8) is 0 Å². The number of amides is 1. The zero-order valence-corrected chi connectivity index (χ0v) is 12.7. The van der Waals surface area contributed by atoms with E-state index in [1.54, 1.807) is 24.4 Å². The molecule has 0 saturated carbocycles. The largest absolute Gasteiger partial charge is 0.369 e. The van der Waals surface area contributed by atoms with Gasteiger partial charge in [0.05, 0.1) is 5.56 Å². The molecule has 0 aliphatic rings. The van der Waals surface area contributed by atoms with Gasteiger partial charge in [0, 0.05) is 24.3 Å². The number of pyridine rings is 1. The summed E-state index contributed by atoms with van der Waals surface area (Å²) in [7, 11) is 0. The van der Waals surface area contributed by atoms with Crippen molar-refractivity contribution in [3.05, 3.63) is 58.7 Å². The highest BCUT2D eigenvalue weighted by molar-refractivity contribution is 6.31. The summed E-state index contributed by atoms with van der Waals surface area (Å²) in [5.41, 5.74) is 1.43. The molecule has 1 aromatic carbocycles. The number of nitrogens with zero attached hydrogens (tertiary/aromatic N) is 1. The van der Waals surface area contributed by atoms with Gasteiger partial charge in [-0.2, -0.15) is 0 Å². The van der Waals surface area contributed by atoms with Gasteiger partial charge in [0.15, 0.2) is 0 Å². The lowest BCUT2D eigenvalue weighted by atomic mass is 10.2. The summed E-state index contributed by atoms with van der Waals surface area (Å²) >= 11 is 6.08. The van der Waals surface area contributed by atoms with Crippen molar-refractivity contribution in [3.8, 4) is 0 Å². The maximum atomic E-state index is 12.3. The first kappa shape index (κ1) is 15.3. The molecule has 2 rings (SSSR count). The molecule has 2 aromatic rings. The molecule has 0 aliphatic heterocycles. The molecule has 1 aromatic heterocycles. The molecule has 5 heteroatoms. The minimum absolute atomic E-state index is 0.165. The third kappa shape index (κ3) is 4.20. The molecule has 0 fully saturated rings. The van der Waals surface area contributed by atoms with E-state index >= 15 is 0 Å².